The molecule has 1 heterocycles. The van der Waals surface area contributed by atoms with Gasteiger partial charge < -0.3 is 5.32 Å². The lowest BCUT2D eigenvalue weighted by Gasteiger charge is -2.35. The number of piperidine rings is 1. The third kappa shape index (κ3) is 4.91. The molecule has 1 atom stereocenters. The first-order chi connectivity index (χ1) is 9.81. The van der Waals surface area contributed by atoms with Gasteiger partial charge in [0.2, 0.25) is 0 Å². The Bertz CT molecular complexity index is 430. The standard InChI is InChI=1S/C15H31N3O2S/c1-13(2)16-11-14-7-6-10-18(12-14)21(19,20)17-15(3)8-4-5-9-15/h13-14,16-17H,4-12H2,1-3H3. The zero-order valence-corrected chi connectivity index (χ0v) is 14.5. The zero-order valence-electron chi connectivity index (χ0n) is 13.7. The van der Waals surface area contributed by atoms with Crippen molar-refractivity contribution in [3.63, 3.8) is 0 Å². The van der Waals surface area contributed by atoms with Crippen molar-refractivity contribution in [2.75, 3.05) is 19.6 Å². The van der Waals surface area contributed by atoms with Gasteiger partial charge in [-0.05, 0) is 45.1 Å². The van der Waals surface area contributed by atoms with Gasteiger partial charge in [-0.1, -0.05) is 26.7 Å². The van der Waals surface area contributed by atoms with E-state index in [1.807, 2.05) is 6.92 Å². The first-order valence-electron chi connectivity index (χ1n) is 8.33. The van der Waals surface area contributed by atoms with Crippen molar-refractivity contribution in [2.24, 2.45) is 5.92 Å². The Labute approximate surface area is 130 Å². The molecular formula is C15H31N3O2S. The molecule has 2 fully saturated rings. The summed E-state index contributed by atoms with van der Waals surface area (Å²) in [5, 5.41) is 3.43. The molecule has 0 radical (unpaired) electrons. The first-order valence-corrected chi connectivity index (χ1v) is 9.77. The molecule has 1 aliphatic heterocycles. The SMILES string of the molecule is CC(C)NCC1CCCN(S(=O)(=O)NC2(C)CCCC2)C1. The number of hydrogen-bond acceptors (Lipinski definition) is 3. The summed E-state index contributed by atoms with van der Waals surface area (Å²) in [6.45, 7) is 8.49. The highest BCUT2D eigenvalue weighted by Gasteiger charge is 2.37. The van der Waals surface area contributed by atoms with Crippen LogP contribution in [0.25, 0.3) is 0 Å². The highest BCUT2D eigenvalue weighted by Crippen LogP contribution is 2.30. The lowest BCUT2D eigenvalue weighted by Crippen LogP contribution is -2.53. The predicted molar refractivity (Wildman–Crippen MR) is 86.4 cm³/mol. The van der Waals surface area contributed by atoms with Gasteiger partial charge in [0, 0.05) is 24.7 Å². The Morgan fingerprint density at radius 2 is 1.90 bits per heavy atom. The zero-order chi connectivity index (χ0) is 15.5. The normalized spacial score (nSPS) is 27.3. The summed E-state index contributed by atoms with van der Waals surface area (Å²) in [6, 6.07) is 0.451. The van der Waals surface area contributed by atoms with Gasteiger partial charge in [0.15, 0.2) is 0 Å². The van der Waals surface area contributed by atoms with E-state index in [-0.39, 0.29) is 5.54 Å². The number of nitrogens with one attached hydrogen (secondary N) is 2. The van der Waals surface area contributed by atoms with Crippen LogP contribution in [0.15, 0.2) is 0 Å². The van der Waals surface area contributed by atoms with Crippen LogP contribution in [0.1, 0.15) is 59.3 Å². The van der Waals surface area contributed by atoms with Crippen molar-refractivity contribution in [3.05, 3.63) is 0 Å². The van der Waals surface area contributed by atoms with E-state index >= 15 is 0 Å². The van der Waals surface area contributed by atoms with Gasteiger partial charge in [0.1, 0.15) is 0 Å². The molecule has 0 aromatic heterocycles. The number of nitrogens with zero attached hydrogens (tertiary/aromatic N) is 1. The second-order valence-corrected chi connectivity index (χ2v) is 8.97. The van der Waals surface area contributed by atoms with Crippen molar-refractivity contribution >= 4 is 10.2 Å². The second kappa shape index (κ2) is 6.94. The summed E-state index contributed by atoms with van der Waals surface area (Å²) in [7, 11) is -3.34. The Morgan fingerprint density at radius 1 is 1.24 bits per heavy atom. The van der Waals surface area contributed by atoms with Gasteiger partial charge in [0.25, 0.3) is 10.2 Å². The lowest BCUT2D eigenvalue weighted by atomic mass is 9.99. The minimum atomic E-state index is -3.34. The molecule has 2 aliphatic rings. The molecular weight excluding hydrogens is 286 g/mol. The van der Waals surface area contributed by atoms with E-state index < -0.39 is 10.2 Å². The van der Waals surface area contributed by atoms with Gasteiger partial charge >= 0.3 is 0 Å². The molecule has 124 valence electrons. The molecule has 5 nitrogen and oxygen atoms in total. The van der Waals surface area contributed by atoms with E-state index in [4.69, 9.17) is 0 Å². The minimum Gasteiger partial charge on any atom is -0.314 e. The molecule has 2 rings (SSSR count). The molecule has 1 aliphatic carbocycles. The van der Waals surface area contributed by atoms with Crippen LogP contribution < -0.4 is 10.0 Å². The maximum atomic E-state index is 12.6. The summed E-state index contributed by atoms with van der Waals surface area (Å²) >= 11 is 0. The average Bonchev–Trinajstić information content (AvgIpc) is 2.82. The van der Waals surface area contributed by atoms with Gasteiger partial charge in [-0.3, -0.25) is 0 Å². The van der Waals surface area contributed by atoms with Gasteiger partial charge in [0.05, 0.1) is 0 Å². The van der Waals surface area contributed by atoms with Crippen LogP contribution in [0, 0.1) is 5.92 Å². The van der Waals surface area contributed by atoms with Gasteiger partial charge in [-0.25, -0.2) is 0 Å². The molecule has 0 aromatic rings. The first kappa shape index (κ1) is 17.2. The van der Waals surface area contributed by atoms with E-state index in [1.165, 1.54) is 0 Å². The van der Waals surface area contributed by atoms with E-state index in [0.717, 1.165) is 45.1 Å². The van der Waals surface area contributed by atoms with Crippen LogP contribution in [0.5, 0.6) is 0 Å². The van der Waals surface area contributed by atoms with Crippen LogP contribution in [-0.4, -0.2) is 43.9 Å². The third-order valence-electron chi connectivity index (χ3n) is 4.72. The molecule has 1 unspecified atom stereocenters. The molecule has 6 heteroatoms. The fourth-order valence-electron chi connectivity index (χ4n) is 3.45. The van der Waals surface area contributed by atoms with E-state index in [2.05, 4.69) is 23.9 Å². The fourth-order valence-corrected chi connectivity index (χ4v) is 5.18. The highest BCUT2D eigenvalue weighted by molar-refractivity contribution is 7.87. The predicted octanol–water partition coefficient (Wildman–Crippen LogP) is 1.86. The average molecular weight is 317 g/mol. The van der Waals surface area contributed by atoms with E-state index in [0.29, 0.717) is 25.0 Å². The summed E-state index contributed by atoms with van der Waals surface area (Å²) in [6.07, 6.45) is 6.24. The van der Waals surface area contributed by atoms with Crippen LogP contribution in [0.2, 0.25) is 0 Å². The topological polar surface area (TPSA) is 61.4 Å². The van der Waals surface area contributed by atoms with Crippen molar-refractivity contribution < 1.29 is 8.42 Å². The summed E-state index contributed by atoms with van der Waals surface area (Å²) in [5.41, 5.74) is -0.234. The molecule has 1 saturated heterocycles. The maximum absolute atomic E-state index is 12.6. The summed E-state index contributed by atoms with van der Waals surface area (Å²) in [5.74, 6) is 0.425. The summed E-state index contributed by atoms with van der Waals surface area (Å²) < 4.78 is 29.9. The van der Waals surface area contributed by atoms with Crippen LogP contribution in [-0.2, 0) is 10.2 Å². The van der Waals surface area contributed by atoms with Gasteiger partial charge in [-0.15, -0.1) is 0 Å². The largest absolute Gasteiger partial charge is 0.314 e. The molecule has 0 bridgehead atoms. The van der Waals surface area contributed by atoms with Crippen LogP contribution >= 0.6 is 0 Å². The number of hydrogen-bond donors (Lipinski definition) is 2. The van der Waals surface area contributed by atoms with E-state index in [1.54, 1.807) is 4.31 Å². The quantitative estimate of drug-likeness (QED) is 0.786. The maximum Gasteiger partial charge on any atom is 0.279 e. The lowest BCUT2D eigenvalue weighted by molar-refractivity contribution is 0.249. The Kier molecular flexibility index (Phi) is 5.68. The summed E-state index contributed by atoms with van der Waals surface area (Å²) in [4.78, 5) is 0. The monoisotopic (exact) mass is 317 g/mol. The van der Waals surface area contributed by atoms with Gasteiger partial charge in [-0.2, -0.15) is 17.4 Å². The van der Waals surface area contributed by atoms with E-state index in [9.17, 15) is 8.42 Å². The molecule has 0 spiro atoms. The van der Waals surface area contributed by atoms with Crippen molar-refractivity contribution in [1.82, 2.24) is 14.3 Å². The highest BCUT2D eigenvalue weighted by atomic mass is 32.2. The van der Waals surface area contributed by atoms with Crippen molar-refractivity contribution in [2.45, 2.75) is 70.9 Å². The molecule has 0 aromatic carbocycles. The van der Waals surface area contributed by atoms with Crippen LogP contribution in [0.3, 0.4) is 0 Å². The Balaban J connectivity index is 1.92. The molecule has 0 amide bonds. The molecule has 1 saturated carbocycles. The Hall–Kier alpha value is -0.170. The van der Waals surface area contributed by atoms with Crippen molar-refractivity contribution in [1.29, 1.82) is 0 Å². The second-order valence-electron chi connectivity index (χ2n) is 7.30. The molecule has 21 heavy (non-hydrogen) atoms. The third-order valence-corrected chi connectivity index (χ3v) is 6.48. The van der Waals surface area contributed by atoms with Crippen molar-refractivity contribution in [3.8, 4) is 0 Å². The van der Waals surface area contributed by atoms with Crippen LogP contribution in [0.4, 0.5) is 0 Å². The molecule has 2 N–H and O–H groups in total. The Morgan fingerprint density at radius 3 is 2.52 bits per heavy atom. The fraction of sp³-hybridized carbons (Fsp3) is 1.00. The number of rotatable bonds is 6. The smallest absolute Gasteiger partial charge is 0.279 e. The minimum absolute atomic E-state index is 0.234.